The van der Waals surface area contributed by atoms with E-state index >= 15 is 0 Å². The predicted octanol–water partition coefficient (Wildman–Crippen LogP) is 3.36. The Morgan fingerprint density at radius 3 is 2.58 bits per heavy atom. The highest BCUT2D eigenvalue weighted by molar-refractivity contribution is 7.20. The molecule has 0 saturated carbocycles. The largest absolute Gasteiger partial charge is 0.481 e. The zero-order valence-corrected chi connectivity index (χ0v) is 12.6. The third-order valence-electron chi connectivity index (χ3n) is 2.47. The first-order valence-corrected chi connectivity index (χ1v) is 7.48. The topological polar surface area (TPSA) is 66.4 Å². The van der Waals surface area contributed by atoms with Crippen LogP contribution < -0.4 is 5.32 Å². The SMILES string of the molecule is O=C(O)CCCNC(=O)CCCc1cc(Cl)sc1Cl. The molecule has 19 heavy (non-hydrogen) atoms. The van der Waals surface area contributed by atoms with Gasteiger partial charge in [-0.15, -0.1) is 11.3 Å². The van der Waals surface area contributed by atoms with Gasteiger partial charge in [-0.1, -0.05) is 23.2 Å². The monoisotopic (exact) mass is 323 g/mol. The third kappa shape index (κ3) is 6.80. The number of carbonyl (C=O) groups excluding carboxylic acids is 1. The number of aliphatic carboxylic acids is 1. The molecule has 0 radical (unpaired) electrons. The fourth-order valence-electron chi connectivity index (χ4n) is 1.54. The molecule has 0 unspecified atom stereocenters. The molecular weight excluding hydrogens is 309 g/mol. The van der Waals surface area contributed by atoms with E-state index in [1.54, 1.807) is 0 Å². The number of rotatable bonds is 8. The van der Waals surface area contributed by atoms with Crippen LogP contribution in [-0.2, 0) is 16.0 Å². The number of hydrogen-bond donors (Lipinski definition) is 2. The Bertz CT molecular complexity index is 448. The molecule has 1 heterocycles. The molecule has 0 atom stereocenters. The third-order valence-corrected chi connectivity index (χ3v) is 4.04. The van der Waals surface area contributed by atoms with E-state index in [2.05, 4.69) is 5.32 Å². The van der Waals surface area contributed by atoms with Gasteiger partial charge in [0, 0.05) is 19.4 Å². The van der Waals surface area contributed by atoms with Crippen LogP contribution >= 0.6 is 34.5 Å². The smallest absolute Gasteiger partial charge is 0.303 e. The summed E-state index contributed by atoms with van der Waals surface area (Å²) in [4.78, 5) is 21.7. The van der Waals surface area contributed by atoms with Gasteiger partial charge in [0.05, 0.1) is 8.67 Å². The van der Waals surface area contributed by atoms with Gasteiger partial charge in [-0.05, 0) is 30.9 Å². The summed E-state index contributed by atoms with van der Waals surface area (Å²) in [6.07, 6.45) is 2.33. The van der Waals surface area contributed by atoms with Gasteiger partial charge < -0.3 is 10.4 Å². The quantitative estimate of drug-likeness (QED) is 0.721. The van der Waals surface area contributed by atoms with E-state index in [9.17, 15) is 9.59 Å². The lowest BCUT2D eigenvalue weighted by atomic mass is 10.1. The molecule has 4 nitrogen and oxygen atoms in total. The van der Waals surface area contributed by atoms with Crippen molar-refractivity contribution in [3.63, 3.8) is 0 Å². The molecule has 1 aromatic rings. The molecule has 0 bridgehead atoms. The number of thiophene rings is 1. The minimum Gasteiger partial charge on any atom is -0.481 e. The lowest BCUT2D eigenvalue weighted by Crippen LogP contribution is -2.24. The first-order valence-electron chi connectivity index (χ1n) is 5.91. The summed E-state index contributed by atoms with van der Waals surface area (Å²) in [5, 5.41) is 11.1. The first-order chi connectivity index (χ1) is 8.99. The van der Waals surface area contributed by atoms with Crippen LogP contribution in [0.2, 0.25) is 8.67 Å². The molecule has 106 valence electrons. The van der Waals surface area contributed by atoms with E-state index < -0.39 is 5.97 Å². The molecule has 0 aromatic carbocycles. The molecule has 0 saturated heterocycles. The highest BCUT2D eigenvalue weighted by Gasteiger charge is 2.07. The van der Waals surface area contributed by atoms with Gasteiger partial charge in [0.25, 0.3) is 0 Å². The van der Waals surface area contributed by atoms with Crippen molar-refractivity contribution < 1.29 is 14.7 Å². The molecule has 0 spiro atoms. The Balaban J connectivity index is 2.13. The molecule has 2 N–H and O–H groups in total. The second-order valence-corrected chi connectivity index (χ2v) is 6.34. The van der Waals surface area contributed by atoms with Crippen molar-refractivity contribution in [2.75, 3.05) is 6.54 Å². The summed E-state index contributed by atoms with van der Waals surface area (Å²) in [7, 11) is 0. The van der Waals surface area contributed by atoms with E-state index in [-0.39, 0.29) is 12.3 Å². The van der Waals surface area contributed by atoms with Crippen molar-refractivity contribution in [3.8, 4) is 0 Å². The molecule has 7 heteroatoms. The summed E-state index contributed by atoms with van der Waals surface area (Å²) in [6.45, 7) is 0.399. The minimum atomic E-state index is -0.849. The van der Waals surface area contributed by atoms with Crippen LogP contribution in [0, 0.1) is 0 Å². The number of aryl methyl sites for hydroxylation is 1. The molecule has 1 aromatic heterocycles. The molecule has 0 aliphatic rings. The first kappa shape index (κ1) is 16.3. The normalized spacial score (nSPS) is 10.4. The van der Waals surface area contributed by atoms with Gasteiger partial charge in [-0.25, -0.2) is 0 Å². The molecule has 1 rings (SSSR count). The van der Waals surface area contributed by atoms with Crippen molar-refractivity contribution in [2.24, 2.45) is 0 Å². The van der Waals surface area contributed by atoms with Crippen LogP contribution in [0.1, 0.15) is 31.2 Å². The van der Waals surface area contributed by atoms with Crippen LogP contribution in [-0.4, -0.2) is 23.5 Å². The van der Waals surface area contributed by atoms with Crippen LogP contribution in [0.15, 0.2) is 6.07 Å². The lowest BCUT2D eigenvalue weighted by molar-refractivity contribution is -0.137. The Morgan fingerprint density at radius 1 is 1.26 bits per heavy atom. The van der Waals surface area contributed by atoms with E-state index in [4.69, 9.17) is 28.3 Å². The number of carboxylic acid groups (broad SMARTS) is 1. The summed E-state index contributed by atoms with van der Waals surface area (Å²) in [5.41, 5.74) is 0.968. The zero-order chi connectivity index (χ0) is 14.3. The number of carboxylic acids is 1. The number of amides is 1. The predicted molar refractivity (Wildman–Crippen MR) is 77.2 cm³/mol. The maximum absolute atomic E-state index is 11.5. The second kappa shape index (κ2) is 8.40. The van der Waals surface area contributed by atoms with Gasteiger partial charge in [0.2, 0.25) is 5.91 Å². The van der Waals surface area contributed by atoms with Gasteiger partial charge in [-0.2, -0.15) is 0 Å². The Labute approximate surface area is 125 Å². The van der Waals surface area contributed by atoms with Crippen molar-refractivity contribution in [1.82, 2.24) is 5.32 Å². The van der Waals surface area contributed by atoms with Crippen molar-refractivity contribution in [2.45, 2.75) is 32.1 Å². The van der Waals surface area contributed by atoms with E-state index in [1.165, 1.54) is 11.3 Å². The molecule has 0 aliphatic carbocycles. The number of carbonyl (C=O) groups is 2. The maximum atomic E-state index is 11.5. The van der Waals surface area contributed by atoms with E-state index in [0.717, 1.165) is 5.56 Å². The van der Waals surface area contributed by atoms with E-state index in [0.29, 0.717) is 40.9 Å². The maximum Gasteiger partial charge on any atom is 0.303 e. The van der Waals surface area contributed by atoms with Crippen molar-refractivity contribution in [1.29, 1.82) is 0 Å². The Morgan fingerprint density at radius 2 is 2.00 bits per heavy atom. The van der Waals surface area contributed by atoms with E-state index in [1.807, 2.05) is 6.07 Å². The zero-order valence-electron chi connectivity index (χ0n) is 10.2. The van der Waals surface area contributed by atoms with Gasteiger partial charge in [-0.3, -0.25) is 9.59 Å². The van der Waals surface area contributed by atoms with Crippen LogP contribution in [0.25, 0.3) is 0 Å². The number of nitrogens with one attached hydrogen (secondary N) is 1. The second-order valence-electron chi connectivity index (χ2n) is 4.05. The number of hydrogen-bond acceptors (Lipinski definition) is 3. The Kier molecular flexibility index (Phi) is 7.20. The van der Waals surface area contributed by atoms with Crippen LogP contribution in [0.5, 0.6) is 0 Å². The van der Waals surface area contributed by atoms with Crippen molar-refractivity contribution >= 4 is 46.4 Å². The summed E-state index contributed by atoms with van der Waals surface area (Å²) in [5.74, 6) is -0.916. The summed E-state index contributed by atoms with van der Waals surface area (Å²) < 4.78 is 1.32. The standard InChI is InChI=1S/C12H15Cl2NO3S/c13-9-7-8(12(14)19-9)3-1-4-10(16)15-6-2-5-11(17)18/h7H,1-6H2,(H,15,16)(H,17,18). The van der Waals surface area contributed by atoms with Crippen LogP contribution in [0.4, 0.5) is 0 Å². The molecule has 0 aliphatic heterocycles. The molecule has 0 fully saturated rings. The summed E-state index contributed by atoms with van der Waals surface area (Å²) in [6, 6.07) is 1.82. The van der Waals surface area contributed by atoms with Gasteiger partial charge >= 0.3 is 5.97 Å². The van der Waals surface area contributed by atoms with Crippen LogP contribution in [0.3, 0.4) is 0 Å². The highest BCUT2D eigenvalue weighted by atomic mass is 35.5. The summed E-state index contributed by atoms with van der Waals surface area (Å²) >= 11 is 13.1. The Hall–Kier alpha value is -0.780. The average molecular weight is 324 g/mol. The van der Waals surface area contributed by atoms with Gasteiger partial charge in [0.15, 0.2) is 0 Å². The fourth-order valence-corrected chi connectivity index (χ4v) is 3.08. The lowest BCUT2D eigenvalue weighted by Gasteiger charge is -2.03. The molecular formula is C12H15Cl2NO3S. The van der Waals surface area contributed by atoms with Crippen molar-refractivity contribution in [3.05, 3.63) is 20.3 Å². The molecule has 1 amide bonds. The fraction of sp³-hybridized carbons (Fsp3) is 0.500. The van der Waals surface area contributed by atoms with Gasteiger partial charge in [0.1, 0.15) is 0 Å². The average Bonchev–Trinajstić information content (AvgIpc) is 2.63. The highest BCUT2D eigenvalue weighted by Crippen LogP contribution is 2.31. The minimum absolute atomic E-state index is 0.0668. The number of halogens is 2.